The van der Waals surface area contributed by atoms with Gasteiger partial charge in [0.05, 0.1) is 11.2 Å². The number of furan rings is 1. The van der Waals surface area contributed by atoms with Crippen LogP contribution in [0.3, 0.4) is 0 Å². The van der Waals surface area contributed by atoms with Gasteiger partial charge in [-0.3, -0.25) is 0 Å². The number of rotatable bonds is 3. The Morgan fingerprint density at radius 1 is 0.462 bits per heavy atom. The zero-order chi connectivity index (χ0) is 25.8. The second-order valence-corrected chi connectivity index (χ2v) is 9.84. The van der Waals surface area contributed by atoms with Gasteiger partial charge in [0.2, 0.25) is 0 Å². The molecule has 0 N–H and O–H groups in total. The lowest BCUT2D eigenvalue weighted by Gasteiger charge is -2.11. The highest BCUT2D eigenvalue weighted by molar-refractivity contribution is 6.16. The third kappa shape index (κ3) is 3.59. The van der Waals surface area contributed by atoms with Gasteiger partial charge in [0, 0.05) is 27.3 Å². The molecule has 0 spiro atoms. The third-order valence-electron chi connectivity index (χ3n) is 7.43. The van der Waals surface area contributed by atoms with E-state index in [1.54, 1.807) is 0 Å². The maximum absolute atomic E-state index is 6.53. The van der Waals surface area contributed by atoms with Crippen LogP contribution in [-0.2, 0) is 0 Å². The average Bonchev–Trinajstić information content (AvgIpc) is 3.37. The topological polar surface area (TPSA) is 38.9 Å². The van der Waals surface area contributed by atoms with Crippen LogP contribution in [0.25, 0.3) is 77.4 Å². The molecule has 182 valence electrons. The van der Waals surface area contributed by atoms with E-state index >= 15 is 0 Å². The van der Waals surface area contributed by atoms with Gasteiger partial charge >= 0.3 is 0 Å². The third-order valence-corrected chi connectivity index (χ3v) is 7.43. The fourth-order valence-corrected chi connectivity index (χ4v) is 5.59. The fraction of sp³-hybridized carbons (Fsp3) is 0. The van der Waals surface area contributed by atoms with Gasteiger partial charge in [-0.1, -0.05) is 103 Å². The maximum atomic E-state index is 6.53. The normalized spacial score (nSPS) is 11.6. The van der Waals surface area contributed by atoms with Gasteiger partial charge in [-0.15, -0.1) is 0 Å². The van der Waals surface area contributed by atoms with Gasteiger partial charge in [-0.2, -0.15) is 0 Å². The van der Waals surface area contributed by atoms with Crippen molar-refractivity contribution in [2.45, 2.75) is 0 Å². The molecule has 3 nitrogen and oxygen atoms in total. The van der Waals surface area contributed by atoms with Gasteiger partial charge in [-0.25, -0.2) is 9.97 Å². The summed E-state index contributed by atoms with van der Waals surface area (Å²) >= 11 is 0. The van der Waals surface area contributed by atoms with Crippen molar-refractivity contribution in [3.63, 3.8) is 0 Å². The summed E-state index contributed by atoms with van der Waals surface area (Å²) in [6.07, 6.45) is 0. The first-order chi connectivity index (χ1) is 19.3. The Hall–Kier alpha value is -5.28. The number of hydrogen-bond donors (Lipinski definition) is 0. The molecule has 0 aliphatic rings. The summed E-state index contributed by atoms with van der Waals surface area (Å²) in [5, 5.41) is 5.61. The van der Waals surface area contributed by atoms with E-state index in [0.29, 0.717) is 5.82 Å². The largest absolute Gasteiger partial charge is 0.456 e. The minimum Gasteiger partial charge on any atom is -0.456 e. The lowest BCUT2D eigenvalue weighted by molar-refractivity contribution is 0.669. The Kier molecular flexibility index (Phi) is 4.82. The molecule has 0 aliphatic carbocycles. The summed E-state index contributed by atoms with van der Waals surface area (Å²) in [6, 6.07) is 46.1. The van der Waals surface area contributed by atoms with E-state index in [4.69, 9.17) is 14.4 Å². The van der Waals surface area contributed by atoms with E-state index in [1.165, 1.54) is 5.39 Å². The molecule has 2 aromatic heterocycles. The van der Waals surface area contributed by atoms with E-state index < -0.39 is 0 Å². The zero-order valence-corrected chi connectivity index (χ0v) is 21.0. The molecular formula is C36H22N2O. The minimum absolute atomic E-state index is 0.678. The van der Waals surface area contributed by atoms with E-state index in [0.717, 1.165) is 66.2 Å². The van der Waals surface area contributed by atoms with E-state index in [1.807, 2.05) is 36.4 Å². The Morgan fingerprint density at radius 3 is 1.92 bits per heavy atom. The molecule has 0 saturated carbocycles. The molecule has 39 heavy (non-hydrogen) atoms. The lowest BCUT2D eigenvalue weighted by atomic mass is 9.96. The summed E-state index contributed by atoms with van der Waals surface area (Å²) in [5.41, 5.74) is 7.77. The van der Waals surface area contributed by atoms with E-state index in [-0.39, 0.29) is 0 Å². The summed E-state index contributed by atoms with van der Waals surface area (Å²) in [6.45, 7) is 0. The van der Waals surface area contributed by atoms with Crippen LogP contribution in [0.2, 0.25) is 0 Å². The van der Waals surface area contributed by atoms with Crippen molar-refractivity contribution in [2.24, 2.45) is 0 Å². The van der Waals surface area contributed by atoms with Gasteiger partial charge in [0.15, 0.2) is 5.82 Å². The van der Waals surface area contributed by atoms with Crippen molar-refractivity contribution < 1.29 is 4.42 Å². The second-order valence-electron chi connectivity index (χ2n) is 9.84. The molecule has 0 amide bonds. The Labute approximate surface area is 225 Å². The Balaban J connectivity index is 1.45. The van der Waals surface area contributed by atoms with Crippen LogP contribution >= 0.6 is 0 Å². The van der Waals surface area contributed by atoms with Gasteiger partial charge in [-0.05, 0) is 52.2 Å². The molecule has 6 aromatic carbocycles. The number of aromatic nitrogens is 2. The van der Waals surface area contributed by atoms with Crippen molar-refractivity contribution >= 4 is 43.6 Å². The SMILES string of the molecule is c1ccc(-c2nc(-c3cc(-c4ccccc4)c4c(c3)oc3cc5ccccc5cc34)nc3ccccc23)cc1. The van der Waals surface area contributed by atoms with Crippen molar-refractivity contribution in [2.75, 3.05) is 0 Å². The molecule has 0 radical (unpaired) electrons. The molecule has 0 fully saturated rings. The number of nitrogens with zero attached hydrogens (tertiary/aromatic N) is 2. The number of hydrogen-bond acceptors (Lipinski definition) is 3. The zero-order valence-electron chi connectivity index (χ0n) is 21.0. The first-order valence-electron chi connectivity index (χ1n) is 13.1. The monoisotopic (exact) mass is 498 g/mol. The number of benzene rings is 6. The van der Waals surface area contributed by atoms with E-state index in [2.05, 4.69) is 97.1 Å². The van der Waals surface area contributed by atoms with Crippen LogP contribution in [0.15, 0.2) is 138 Å². The minimum atomic E-state index is 0.678. The van der Waals surface area contributed by atoms with Crippen LogP contribution in [0.1, 0.15) is 0 Å². The van der Waals surface area contributed by atoms with Gasteiger partial charge < -0.3 is 4.42 Å². The molecule has 0 bridgehead atoms. The van der Waals surface area contributed by atoms with Crippen LogP contribution in [-0.4, -0.2) is 9.97 Å². The molecule has 2 heterocycles. The number of para-hydroxylation sites is 1. The predicted molar refractivity (Wildman–Crippen MR) is 161 cm³/mol. The van der Waals surface area contributed by atoms with Crippen molar-refractivity contribution in [3.8, 4) is 33.8 Å². The quantitative estimate of drug-likeness (QED) is 0.243. The first kappa shape index (κ1) is 21.8. The van der Waals surface area contributed by atoms with E-state index in [9.17, 15) is 0 Å². The van der Waals surface area contributed by atoms with Gasteiger partial charge in [0.1, 0.15) is 11.2 Å². The summed E-state index contributed by atoms with van der Waals surface area (Å²) < 4.78 is 6.53. The highest BCUT2D eigenvalue weighted by Crippen LogP contribution is 2.41. The molecular weight excluding hydrogens is 476 g/mol. The molecule has 3 heteroatoms. The van der Waals surface area contributed by atoms with Crippen molar-refractivity contribution in [1.29, 1.82) is 0 Å². The van der Waals surface area contributed by atoms with Crippen LogP contribution in [0, 0.1) is 0 Å². The molecule has 0 unspecified atom stereocenters. The highest BCUT2D eigenvalue weighted by atomic mass is 16.3. The average molecular weight is 499 g/mol. The molecule has 0 atom stereocenters. The Morgan fingerprint density at radius 2 is 1.13 bits per heavy atom. The summed E-state index contributed by atoms with van der Waals surface area (Å²) in [4.78, 5) is 10.1. The van der Waals surface area contributed by atoms with Crippen LogP contribution < -0.4 is 0 Å². The lowest BCUT2D eigenvalue weighted by Crippen LogP contribution is -1.95. The standard InChI is InChI=1S/C36H22N2O/c1-3-11-23(12-4-1)29-20-27(22-33-34(29)30-19-25-15-7-8-16-26(25)21-32(30)39-33)36-37-31-18-10-9-17-28(31)35(38-36)24-13-5-2-6-14-24/h1-22H. The molecule has 8 rings (SSSR count). The van der Waals surface area contributed by atoms with Gasteiger partial charge in [0.25, 0.3) is 0 Å². The van der Waals surface area contributed by atoms with Crippen molar-refractivity contribution in [1.82, 2.24) is 9.97 Å². The first-order valence-corrected chi connectivity index (χ1v) is 13.1. The summed E-state index contributed by atoms with van der Waals surface area (Å²) in [5.74, 6) is 0.678. The Bertz CT molecular complexity index is 2160. The van der Waals surface area contributed by atoms with Crippen LogP contribution in [0.4, 0.5) is 0 Å². The molecule has 0 saturated heterocycles. The number of fused-ring (bicyclic) bond motifs is 5. The predicted octanol–water partition coefficient (Wildman–Crippen LogP) is 9.68. The second kappa shape index (κ2) is 8.64. The maximum Gasteiger partial charge on any atom is 0.160 e. The van der Waals surface area contributed by atoms with Crippen molar-refractivity contribution in [3.05, 3.63) is 133 Å². The smallest absolute Gasteiger partial charge is 0.160 e. The molecule has 8 aromatic rings. The molecule has 0 aliphatic heterocycles. The summed E-state index contributed by atoms with van der Waals surface area (Å²) in [7, 11) is 0. The fourth-order valence-electron chi connectivity index (χ4n) is 5.59. The van der Waals surface area contributed by atoms with Crippen LogP contribution in [0.5, 0.6) is 0 Å². The highest BCUT2D eigenvalue weighted by Gasteiger charge is 2.18.